The summed E-state index contributed by atoms with van der Waals surface area (Å²) in [5.41, 5.74) is 1.68. The molecular formula is C20H22F3N5. The molecule has 0 aliphatic carbocycles. The van der Waals surface area contributed by atoms with Crippen LogP contribution in [0, 0.1) is 0 Å². The SMILES string of the molecule is CCc1cc(C(F)(F)F)n2nc([C@H]3CCCN3[C@@H](C)c3ccncc3)cc2n1. The van der Waals surface area contributed by atoms with Crippen LogP contribution in [0.1, 0.15) is 61.4 Å². The molecule has 0 radical (unpaired) electrons. The monoisotopic (exact) mass is 389 g/mol. The third kappa shape index (κ3) is 3.37. The number of halogens is 3. The van der Waals surface area contributed by atoms with Gasteiger partial charge in [0, 0.05) is 30.2 Å². The summed E-state index contributed by atoms with van der Waals surface area (Å²) in [4.78, 5) is 10.7. The summed E-state index contributed by atoms with van der Waals surface area (Å²) in [7, 11) is 0. The number of pyridine rings is 1. The fraction of sp³-hybridized carbons (Fsp3) is 0.450. The van der Waals surface area contributed by atoms with Gasteiger partial charge in [-0.1, -0.05) is 6.92 Å². The van der Waals surface area contributed by atoms with E-state index in [-0.39, 0.29) is 17.7 Å². The predicted molar refractivity (Wildman–Crippen MR) is 98.7 cm³/mol. The van der Waals surface area contributed by atoms with Crippen molar-refractivity contribution in [2.45, 2.75) is 51.4 Å². The van der Waals surface area contributed by atoms with Gasteiger partial charge in [-0.2, -0.15) is 18.3 Å². The van der Waals surface area contributed by atoms with Gasteiger partial charge in [-0.05, 0) is 56.5 Å². The van der Waals surface area contributed by atoms with E-state index in [1.807, 2.05) is 12.1 Å². The second kappa shape index (κ2) is 7.16. The molecule has 148 valence electrons. The van der Waals surface area contributed by atoms with E-state index in [1.165, 1.54) is 0 Å². The summed E-state index contributed by atoms with van der Waals surface area (Å²) in [6.07, 6.45) is 1.32. The van der Waals surface area contributed by atoms with Crippen molar-refractivity contribution in [1.82, 2.24) is 24.5 Å². The Balaban J connectivity index is 1.74. The number of aryl methyl sites for hydroxylation is 1. The Labute approximate surface area is 161 Å². The van der Waals surface area contributed by atoms with Gasteiger partial charge in [-0.15, -0.1) is 0 Å². The number of nitrogens with zero attached hydrogens (tertiary/aromatic N) is 5. The molecule has 8 heteroatoms. The van der Waals surface area contributed by atoms with Gasteiger partial charge in [0.15, 0.2) is 5.65 Å². The lowest BCUT2D eigenvalue weighted by Crippen LogP contribution is -2.27. The van der Waals surface area contributed by atoms with E-state index >= 15 is 0 Å². The largest absolute Gasteiger partial charge is 0.433 e. The molecule has 0 saturated carbocycles. The smallest absolute Gasteiger partial charge is 0.288 e. The number of aromatic nitrogens is 4. The highest BCUT2D eigenvalue weighted by atomic mass is 19.4. The van der Waals surface area contributed by atoms with Gasteiger partial charge in [0.2, 0.25) is 0 Å². The highest BCUT2D eigenvalue weighted by Crippen LogP contribution is 2.39. The quantitative estimate of drug-likeness (QED) is 0.654. The lowest BCUT2D eigenvalue weighted by molar-refractivity contribution is -0.142. The Bertz CT molecular complexity index is 967. The van der Waals surface area contributed by atoms with Crippen molar-refractivity contribution >= 4 is 5.65 Å². The minimum absolute atomic E-state index is 0.0315. The number of hydrogen-bond acceptors (Lipinski definition) is 4. The zero-order chi connectivity index (χ0) is 19.9. The zero-order valence-corrected chi connectivity index (χ0v) is 15.8. The third-order valence-corrected chi connectivity index (χ3v) is 5.47. The van der Waals surface area contributed by atoms with Gasteiger partial charge >= 0.3 is 6.18 Å². The van der Waals surface area contributed by atoms with Gasteiger partial charge in [0.25, 0.3) is 0 Å². The molecule has 0 amide bonds. The Morgan fingerprint density at radius 1 is 1.21 bits per heavy atom. The second-order valence-corrected chi connectivity index (χ2v) is 7.18. The van der Waals surface area contributed by atoms with E-state index in [0.29, 0.717) is 17.8 Å². The minimum Gasteiger partial charge on any atom is -0.288 e. The molecule has 5 nitrogen and oxygen atoms in total. The molecule has 1 aliphatic heterocycles. The zero-order valence-electron chi connectivity index (χ0n) is 15.8. The number of alkyl halides is 3. The fourth-order valence-electron chi connectivity index (χ4n) is 3.99. The van der Waals surface area contributed by atoms with E-state index in [1.54, 1.807) is 25.4 Å². The van der Waals surface area contributed by atoms with Gasteiger partial charge in [-0.3, -0.25) is 9.88 Å². The third-order valence-electron chi connectivity index (χ3n) is 5.47. The lowest BCUT2D eigenvalue weighted by Gasteiger charge is -2.30. The highest BCUT2D eigenvalue weighted by Gasteiger charge is 2.37. The minimum atomic E-state index is -4.48. The molecule has 0 spiro atoms. The first-order chi connectivity index (χ1) is 13.4. The molecule has 1 fully saturated rings. The van der Waals surface area contributed by atoms with E-state index in [0.717, 1.165) is 35.5 Å². The van der Waals surface area contributed by atoms with Crippen LogP contribution in [0.15, 0.2) is 36.7 Å². The normalized spacial score (nSPS) is 19.4. The van der Waals surface area contributed by atoms with Crippen LogP contribution in [0.5, 0.6) is 0 Å². The number of hydrogen-bond donors (Lipinski definition) is 0. The standard InChI is InChI=1S/C20H22F3N5/c1-3-15-11-18(20(21,22)23)28-19(25-15)12-16(26-28)17-5-4-10-27(17)13(2)14-6-8-24-9-7-14/h6-9,11-13,17H,3-5,10H2,1-2H3/t13-,17+/m0/s1. The topological polar surface area (TPSA) is 46.3 Å². The van der Waals surface area contributed by atoms with Crippen LogP contribution in [0.2, 0.25) is 0 Å². The maximum Gasteiger partial charge on any atom is 0.433 e. The molecule has 2 atom stereocenters. The van der Waals surface area contributed by atoms with Crippen molar-refractivity contribution in [3.63, 3.8) is 0 Å². The maximum atomic E-state index is 13.5. The number of likely N-dealkylation sites (tertiary alicyclic amines) is 1. The van der Waals surface area contributed by atoms with E-state index < -0.39 is 11.9 Å². The molecule has 1 saturated heterocycles. The molecule has 4 heterocycles. The van der Waals surface area contributed by atoms with Crippen LogP contribution < -0.4 is 0 Å². The Morgan fingerprint density at radius 2 is 1.96 bits per heavy atom. The Hall–Kier alpha value is -2.48. The Morgan fingerprint density at radius 3 is 2.64 bits per heavy atom. The van der Waals surface area contributed by atoms with Gasteiger partial charge in [0.05, 0.1) is 11.7 Å². The van der Waals surface area contributed by atoms with Crippen LogP contribution in [-0.2, 0) is 12.6 Å². The molecule has 0 N–H and O–H groups in total. The molecule has 3 aromatic rings. The van der Waals surface area contributed by atoms with Gasteiger partial charge in [-0.25, -0.2) is 9.50 Å². The maximum absolute atomic E-state index is 13.5. The summed E-state index contributed by atoms with van der Waals surface area (Å²) < 4.78 is 41.6. The summed E-state index contributed by atoms with van der Waals surface area (Å²) >= 11 is 0. The van der Waals surface area contributed by atoms with Crippen molar-refractivity contribution in [2.24, 2.45) is 0 Å². The summed E-state index contributed by atoms with van der Waals surface area (Å²) in [6, 6.07) is 6.84. The molecule has 28 heavy (non-hydrogen) atoms. The molecule has 0 unspecified atom stereocenters. The van der Waals surface area contributed by atoms with Crippen LogP contribution in [0.3, 0.4) is 0 Å². The molecular weight excluding hydrogens is 367 g/mol. The van der Waals surface area contributed by atoms with Crippen molar-refractivity contribution in [2.75, 3.05) is 6.54 Å². The van der Waals surface area contributed by atoms with Crippen LogP contribution in [0.25, 0.3) is 5.65 Å². The van der Waals surface area contributed by atoms with Crippen LogP contribution >= 0.6 is 0 Å². The molecule has 0 bridgehead atoms. The van der Waals surface area contributed by atoms with E-state index in [2.05, 4.69) is 26.9 Å². The molecule has 4 rings (SSSR count). The van der Waals surface area contributed by atoms with Gasteiger partial charge in [0.1, 0.15) is 5.69 Å². The molecule has 3 aromatic heterocycles. The van der Waals surface area contributed by atoms with Crippen molar-refractivity contribution < 1.29 is 13.2 Å². The van der Waals surface area contributed by atoms with Crippen LogP contribution in [0.4, 0.5) is 13.2 Å². The average molecular weight is 389 g/mol. The summed E-state index contributed by atoms with van der Waals surface area (Å²) in [5.74, 6) is 0. The number of rotatable bonds is 4. The number of fused-ring (bicyclic) bond motifs is 1. The second-order valence-electron chi connectivity index (χ2n) is 7.18. The molecule has 0 aromatic carbocycles. The summed E-state index contributed by atoms with van der Waals surface area (Å²) in [5, 5.41) is 4.34. The Kier molecular flexibility index (Phi) is 4.82. The van der Waals surface area contributed by atoms with E-state index in [9.17, 15) is 13.2 Å². The van der Waals surface area contributed by atoms with Crippen molar-refractivity contribution in [3.8, 4) is 0 Å². The van der Waals surface area contributed by atoms with E-state index in [4.69, 9.17) is 0 Å². The first-order valence-electron chi connectivity index (χ1n) is 9.51. The summed E-state index contributed by atoms with van der Waals surface area (Å²) in [6.45, 7) is 4.78. The first-order valence-corrected chi connectivity index (χ1v) is 9.51. The highest BCUT2D eigenvalue weighted by molar-refractivity contribution is 5.43. The van der Waals surface area contributed by atoms with Crippen LogP contribution in [-0.4, -0.2) is 31.0 Å². The predicted octanol–water partition coefficient (Wildman–Crippen LogP) is 4.60. The molecule has 1 aliphatic rings. The fourth-order valence-corrected chi connectivity index (χ4v) is 3.99. The average Bonchev–Trinajstić information content (AvgIpc) is 3.32. The van der Waals surface area contributed by atoms with Crippen molar-refractivity contribution in [1.29, 1.82) is 0 Å². The van der Waals surface area contributed by atoms with Crippen molar-refractivity contribution in [3.05, 3.63) is 59.3 Å². The first kappa shape index (κ1) is 18.9. The lowest BCUT2D eigenvalue weighted by atomic mass is 10.1. The van der Waals surface area contributed by atoms with Gasteiger partial charge < -0.3 is 0 Å².